The molecule has 0 heterocycles. The molecule has 2 aromatic carbocycles. The number of hydrogen-bond donors (Lipinski definition) is 0. The maximum absolute atomic E-state index is 12.8. The van der Waals surface area contributed by atoms with Gasteiger partial charge in [-0.15, -0.1) is 0 Å². The van der Waals surface area contributed by atoms with Crippen LogP contribution < -0.4 is 4.18 Å². The van der Waals surface area contributed by atoms with Crippen molar-refractivity contribution in [2.45, 2.75) is 39.8 Å². The molecular formula is C22H27NO4S. The number of hydrogen-bond acceptors (Lipinski definition) is 4. The van der Waals surface area contributed by atoms with E-state index in [0.29, 0.717) is 6.54 Å². The van der Waals surface area contributed by atoms with Crippen molar-refractivity contribution in [1.82, 2.24) is 4.90 Å². The van der Waals surface area contributed by atoms with Crippen LogP contribution in [0.3, 0.4) is 0 Å². The lowest BCUT2D eigenvalue weighted by atomic mass is 10.1. The van der Waals surface area contributed by atoms with Gasteiger partial charge in [-0.25, -0.2) is 0 Å². The zero-order chi connectivity index (χ0) is 20.6. The van der Waals surface area contributed by atoms with E-state index < -0.39 is 10.1 Å². The summed E-state index contributed by atoms with van der Waals surface area (Å²) in [6, 6.07) is 16.5. The molecule has 0 aliphatic rings. The lowest BCUT2D eigenvalue weighted by Gasteiger charge is -2.28. The first kappa shape index (κ1) is 21.7. The Morgan fingerprint density at radius 3 is 2.46 bits per heavy atom. The largest absolute Gasteiger partial charge is 0.382 e. The molecule has 28 heavy (non-hydrogen) atoms. The molecule has 0 N–H and O–H groups in total. The summed E-state index contributed by atoms with van der Waals surface area (Å²) in [5, 5.41) is 0. The number of rotatable bonds is 9. The topological polar surface area (TPSA) is 63.7 Å². The molecule has 0 saturated carbocycles. The molecule has 0 saturated heterocycles. The Morgan fingerprint density at radius 1 is 1.11 bits per heavy atom. The first-order valence-electron chi connectivity index (χ1n) is 9.39. The second kappa shape index (κ2) is 10.1. The van der Waals surface area contributed by atoms with Crippen LogP contribution in [0, 0.1) is 0 Å². The number of carbonyl (C=O) groups excluding carboxylic acids is 1. The van der Waals surface area contributed by atoms with Gasteiger partial charge in [-0.3, -0.25) is 4.79 Å². The molecular weight excluding hydrogens is 374 g/mol. The molecule has 0 aliphatic heterocycles. The molecule has 1 atom stereocenters. The second-order valence-corrected chi connectivity index (χ2v) is 8.40. The number of benzene rings is 2. The summed E-state index contributed by atoms with van der Waals surface area (Å²) in [6.07, 6.45) is 4.18. The van der Waals surface area contributed by atoms with E-state index in [1.165, 1.54) is 6.92 Å². The van der Waals surface area contributed by atoms with Crippen LogP contribution in [0.4, 0.5) is 0 Å². The summed E-state index contributed by atoms with van der Waals surface area (Å²) >= 11 is 0. The fourth-order valence-electron chi connectivity index (χ4n) is 2.60. The van der Waals surface area contributed by atoms with Crippen LogP contribution in [0.2, 0.25) is 0 Å². The highest BCUT2D eigenvalue weighted by molar-refractivity contribution is 7.87. The Labute approximate surface area is 167 Å². The molecule has 2 rings (SSSR count). The third kappa shape index (κ3) is 6.53. The number of carbonyl (C=O) groups is 1. The Hall–Kier alpha value is -2.60. The van der Waals surface area contributed by atoms with Gasteiger partial charge < -0.3 is 9.08 Å². The predicted molar refractivity (Wildman–Crippen MR) is 112 cm³/mol. The Morgan fingerprint density at radius 2 is 1.82 bits per heavy atom. The minimum atomic E-state index is -3.59. The van der Waals surface area contributed by atoms with Gasteiger partial charge in [-0.2, -0.15) is 8.42 Å². The maximum atomic E-state index is 12.8. The normalized spacial score (nSPS) is 12.7. The molecule has 0 fully saturated rings. The van der Waals surface area contributed by atoms with Crippen molar-refractivity contribution in [2.24, 2.45) is 0 Å². The second-order valence-electron chi connectivity index (χ2n) is 6.54. The highest BCUT2D eigenvalue weighted by Gasteiger charge is 2.18. The van der Waals surface area contributed by atoms with Gasteiger partial charge in [0.1, 0.15) is 5.75 Å². The van der Waals surface area contributed by atoms with Crippen LogP contribution in [0.15, 0.2) is 60.7 Å². The molecule has 0 spiro atoms. The average molecular weight is 402 g/mol. The monoisotopic (exact) mass is 401 g/mol. The third-order valence-electron chi connectivity index (χ3n) is 4.45. The van der Waals surface area contributed by atoms with Crippen molar-refractivity contribution in [3.63, 3.8) is 0 Å². The molecule has 1 amide bonds. The van der Waals surface area contributed by atoms with E-state index >= 15 is 0 Å². The lowest BCUT2D eigenvalue weighted by molar-refractivity contribution is -0.128. The van der Waals surface area contributed by atoms with Crippen molar-refractivity contribution in [1.29, 1.82) is 0 Å². The molecule has 5 nitrogen and oxygen atoms in total. The summed E-state index contributed by atoms with van der Waals surface area (Å²) < 4.78 is 28.5. The zero-order valence-electron chi connectivity index (χ0n) is 16.5. The Bertz CT molecular complexity index is 907. The molecule has 150 valence electrons. The number of nitrogens with zero attached hydrogens (tertiary/aromatic N) is 1. The van der Waals surface area contributed by atoms with Gasteiger partial charge in [0.15, 0.2) is 0 Å². The smallest absolute Gasteiger partial charge is 0.308 e. The Balaban J connectivity index is 2.18. The van der Waals surface area contributed by atoms with Crippen LogP contribution >= 0.6 is 0 Å². The summed E-state index contributed by atoms with van der Waals surface area (Å²) in [5.41, 5.74) is 1.77. The van der Waals surface area contributed by atoms with Crippen molar-refractivity contribution < 1.29 is 17.4 Å². The molecule has 1 unspecified atom stereocenters. The molecule has 0 bridgehead atoms. The van der Waals surface area contributed by atoms with Crippen LogP contribution in [0.25, 0.3) is 6.08 Å². The van der Waals surface area contributed by atoms with Crippen LogP contribution in [0.5, 0.6) is 5.75 Å². The van der Waals surface area contributed by atoms with E-state index in [-0.39, 0.29) is 23.5 Å². The van der Waals surface area contributed by atoms with Crippen molar-refractivity contribution in [2.75, 3.05) is 5.75 Å². The van der Waals surface area contributed by atoms with E-state index in [9.17, 15) is 13.2 Å². The molecule has 0 aromatic heterocycles. The van der Waals surface area contributed by atoms with E-state index in [0.717, 1.165) is 17.5 Å². The molecule has 0 aliphatic carbocycles. The van der Waals surface area contributed by atoms with Crippen LogP contribution in [-0.2, 0) is 21.5 Å². The van der Waals surface area contributed by atoms with Gasteiger partial charge in [-0.05, 0) is 49.6 Å². The molecule has 2 aromatic rings. The zero-order valence-corrected chi connectivity index (χ0v) is 17.4. The predicted octanol–water partition coefficient (Wildman–Crippen LogP) is 4.26. The van der Waals surface area contributed by atoms with Gasteiger partial charge in [-0.1, -0.05) is 49.4 Å². The summed E-state index contributed by atoms with van der Waals surface area (Å²) in [6.45, 7) is 5.92. The first-order valence-corrected chi connectivity index (χ1v) is 11.0. The van der Waals surface area contributed by atoms with E-state index in [4.69, 9.17) is 4.18 Å². The highest BCUT2D eigenvalue weighted by Crippen LogP contribution is 2.19. The highest BCUT2D eigenvalue weighted by atomic mass is 32.2. The first-order chi connectivity index (χ1) is 13.3. The standard InChI is InChI=1S/C22H27NO4S/c1-4-18(3)23(22(24)15-14-19-10-7-6-8-11-19)17-20-12-9-13-21(16-20)27-28(25,26)5-2/h6-16,18H,4-5,17H2,1-3H3. The fraction of sp³-hybridized carbons (Fsp3) is 0.318. The SMILES string of the molecule is CCC(C)N(Cc1cccc(OS(=O)(=O)CC)c1)C(=O)C=Cc1ccccc1. The van der Waals surface area contributed by atoms with Crippen LogP contribution in [-0.4, -0.2) is 31.0 Å². The fourth-order valence-corrected chi connectivity index (χ4v) is 3.11. The van der Waals surface area contributed by atoms with Crippen molar-refractivity contribution >= 4 is 22.1 Å². The number of amides is 1. The van der Waals surface area contributed by atoms with Gasteiger partial charge in [0.2, 0.25) is 5.91 Å². The van der Waals surface area contributed by atoms with E-state index in [1.54, 1.807) is 35.3 Å². The van der Waals surface area contributed by atoms with Gasteiger partial charge in [0.25, 0.3) is 0 Å². The summed E-state index contributed by atoms with van der Waals surface area (Å²) in [7, 11) is -3.59. The van der Waals surface area contributed by atoms with Crippen molar-refractivity contribution in [3.05, 3.63) is 71.8 Å². The molecule has 0 radical (unpaired) electrons. The maximum Gasteiger partial charge on any atom is 0.308 e. The minimum Gasteiger partial charge on any atom is -0.382 e. The molecule has 6 heteroatoms. The van der Waals surface area contributed by atoms with Crippen LogP contribution in [0.1, 0.15) is 38.3 Å². The van der Waals surface area contributed by atoms with Crippen molar-refractivity contribution in [3.8, 4) is 5.75 Å². The summed E-state index contributed by atoms with van der Waals surface area (Å²) in [4.78, 5) is 14.6. The van der Waals surface area contributed by atoms with Gasteiger partial charge in [0, 0.05) is 18.7 Å². The minimum absolute atomic E-state index is 0.0388. The Kier molecular flexibility index (Phi) is 7.81. The lowest BCUT2D eigenvalue weighted by Crippen LogP contribution is -2.36. The third-order valence-corrected chi connectivity index (χ3v) is 5.61. The quantitative estimate of drug-likeness (QED) is 0.465. The van der Waals surface area contributed by atoms with Gasteiger partial charge >= 0.3 is 10.1 Å². The van der Waals surface area contributed by atoms with Gasteiger partial charge in [0.05, 0.1) is 5.75 Å². The average Bonchev–Trinajstić information content (AvgIpc) is 2.70. The summed E-state index contributed by atoms with van der Waals surface area (Å²) in [5.74, 6) is 0.0698. The van der Waals surface area contributed by atoms with E-state index in [2.05, 4.69) is 0 Å². The van der Waals surface area contributed by atoms with E-state index in [1.807, 2.05) is 50.2 Å².